The van der Waals surface area contributed by atoms with Crippen molar-refractivity contribution >= 4 is 0 Å². The molecule has 0 radical (unpaired) electrons. The minimum Gasteiger partial charge on any atom is -0.493 e. The van der Waals surface area contributed by atoms with E-state index in [-0.39, 0.29) is 0 Å². The summed E-state index contributed by atoms with van der Waals surface area (Å²) in [5.41, 5.74) is 1.24. The van der Waals surface area contributed by atoms with Gasteiger partial charge in [-0.05, 0) is 37.9 Å². The lowest BCUT2D eigenvalue weighted by Gasteiger charge is -2.27. The van der Waals surface area contributed by atoms with Gasteiger partial charge in [-0.25, -0.2) is 0 Å². The summed E-state index contributed by atoms with van der Waals surface area (Å²) in [5, 5.41) is 3.38. The molecule has 112 valence electrons. The lowest BCUT2D eigenvalue weighted by molar-refractivity contribution is 0.238. The van der Waals surface area contributed by atoms with Crippen LogP contribution in [0.15, 0.2) is 18.2 Å². The first-order valence-electron chi connectivity index (χ1n) is 7.57. The predicted octanol–water partition coefficient (Wildman–Crippen LogP) is 1.93. The van der Waals surface area contributed by atoms with Gasteiger partial charge in [0.15, 0.2) is 11.5 Å². The standard InChI is InChI=1S/C16H26N2O2/c1-3-20-15-8-4-6-14(16(15)19-2)7-5-11-18-12-9-17-10-13-18/h4,6,8,17H,3,5,7,9-13H2,1-2H3. The highest BCUT2D eigenvalue weighted by atomic mass is 16.5. The van der Waals surface area contributed by atoms with Crippen molar-refractivity contribution in [2.75, 3.05) is 46.4 Å². The summed E-state index contributed by atoms with van der Waals surface area (Å²) in [6.45, 7) is 8.37. The Bertz CT molecular complexity index is 403. The Hall–Kier alpha value is -1.26. The minimum atomic E-state index is 0.667. The van der Waals surface area contributed by atoms with Gasteiger partial charge in [0.05, 0.1) is 13.7 Å². The smallest absolute Gasteiger partial charge is 0.163 e. The summed E-state index contributed by atoms with van der Waals surface area (Å²) in [6, 6.07) is 6.16. The first kappa shape index (κ1) is 15.1. The first-order valence-corrected chi connectivity index (χ1v) is 7.57. The van der Waals surface area contributed by atoms with E-state index in [0.717, 1.165) is 57.1 Å². The Morgan fingerprint density at radius 3 is 2.75 bits per heavy atom. The SMILES string of the molecule is CCOc1cccc(CCCN2CCNCC2)c1OC. The third-order valence-electron chi connectivity index (χ3n) is 3.69. The number of methoxy groups -OCH3 is 1. The van der Waals surface area contributed by atoms with Crippen molar-refractivity contribution in [3.8, 4) is 11.5 Å². The van der Waals surface area contributed by atoms with Gasteiger partial charge in [0, 0.05) is 26.2 Å². The number of aryl methyl sites for hydroxylation is 1. The Kier molecular flexibility index (Phi) is 6.15. The van der Waals surface area contributed by atoms with E-state index in [1.807, 2.05) is 19.1 Å². The predicted molar refractivity (Wildman–Crippen MR) is 81.8 cm³/mol. The maximum atomic E-state index is 5.62. The molecule has 1 aromatic carbocycles. The van der Waals surface area contributed by atoms with Crippen molar-refractivity contribution in [2.45, 2.75) is 19.8 Å². The van der Waals surface area contributed by atoms with Gasteiger partial charge in [-0.1, -0.05) is 12.1 Å². The monoisotopic (exact) mass is 278 g/mol. The van der Waals surface area contributed by atoms with Crippen LogP contribution in [0.5, 0.6) is 11.5 Å². The van der Waals surface area contributed by atoms with E-state index in [4.69, 9.17) is 9.47 Å². The number of piperazine rings is 1. The van der Waals surface area contributed by atoms with E-state index in [1.165, 1.54) is 5.56 Å². The molecule has 0 aromatic heterocycles. The third kappa shape index (κ3) is 4.12. The van der Waals surface area contributed by atoms with Crippen LogP contribution in [0.4, 0.5) is 0 Å². The number of benzene rings is 1. The van der Waals surface area contributed by atoms with E-state index in [9.17, 15) is 0 Å². The lowest BCUT2D eigenvalue weighted by Crippen LogP contribution is -2.43. The number of nitrogens with one attached hydrogen (secondary N) is 1. The number of hydrogen-bond donors (Lipinski definition) is 1. The molecule has 1 N–H and O–H groups in total. The number of hydrogen-bond acceptors (Lipinski definition) is 4. The third-order valence-corrected chi connectivity index (χ3v) is 3.69. The molecular formula is C16H26N2O2. The van der Waals surface area contributed by atoms with Crippen LogP contribution < -0.4 is 14.8 Å². The van der Waals surface area contributed by atoms with Gasteiger partial charge in [-0.15, -0.1) is 0 Å². The Morgan fingerprint density at radius 2 is 2.05 bits per heavy atom. The summed E-state index contributed by atoms with van der Waals surface area (Å²) >= 11 is 0. The molecule has 1 aliphatic heterocycles. The summed E-state index contributed by atoms with van der Waals surface area (Å²) in [4.78, 5) is 2.52. The normalized spacial score (nSPS) is 16.1. The molecule has 0 spiro atoms. The van der Waals surface area contributed by atoms with Crippen LogP contribution >= 0.6 is 0 Å². The van der Waals surface area contributed by atoms with Crippen molar-refractivity contribution in [1.82, 2.24) is 10.2 Å². The van der Waals surface area contributed by atoms with E-state index < -0.39 is 0 Å². The van der Waals surface area contributed by atoms with Crippen molar-refractivity contribution in [3.05, 3.63) is 23.8 Å². The average Bonchev–Trinajstić information content (AvgIpc) is 2.49. The van der Waals surface area contributed by atoms with Crippen LogP contribution in [0.3, 0.4) is 0 Å². The Balaban J connectivity index is 1.89. The molecule has 0 aliphatic carbocycles. The molecule has 1 heterocycles. The Labute approximate surface area is 122 Å². The fourth-order valence-electron chi connectivity index (χ4n) is 2.69. The molecule has 4 heteroatoms. The zero-order valence-corrected chi connectivity index (χ0v) is 12.7. The summed E-state index contributed by atoms with van der Waals surface area (Å²) in [5.74, 6) is 1.75. The van der Waals surface area contributed by atoms with Crippen molar-refractivity contribution in [2.24, 2.45) is 0 Å². The number of para-hydroxylation sites is 1. The van der Waals surface area contributed by atoms with E-state index in [1.54, 1.807) is 7.11 Å². The second-order valence-electron chi connectivity index (χ2n) is 5.08. The number of ether oxygens (including phenoxy) is 2. The fourth-order valence-corrected chi connectivity index (χ4v) is 2.69. The Morgan fingerprint density at radius 1 is 1.25 bits per heavy atom. The molecule has 2 rings (SSSR count). The van der Waals surface area contributed by atoms with Gasteiger partial charge in [0.1, 0.15) is 0 Å². The van der Waals surface area contributed by atoms with Gasteiger partial charge in [0.2, 0.25) is 0 Å². The van der Waals surface area contributed by atoms with Crippen LogP contribution in [0, 0.1) is 0 Å². The highest BCUT2D eigenvalue weighted by Gasteiger charge is 2.12. The molecule has 4 nitrogen and oxygen atoms in total. The second kappa shape index (κ2) is 8.12. The van der Waals surface area contributed by atoms with Crippen LogP contribution in [-0.4, -0.2) is 51.3 Å². The van der Waals surface area contributed by atoms with Crippen LogP contribution in [0.25, 0.3) is 0 Å². The molecule has 1 fully saturated rings. The van der Waals surface area contributed by atoms with Gasteiger partial charge in [-0.3, -0.25) is 0 Å². The molecule has 1 aromatic rings. The molecule has 0 atom stereocenters. The summed E-state index contributed by atoms with van der Waals surface area (Å²) < 4.78 is 11.1. The molecule has 0 unspecified atom stereocenters. The highest BCUT2D eigenvalue weighted by molar-refractivity contribution is 5.46. The molecule has 1 aliphatic rings. The molecule has 0 amide bonds. The summed E-state index contributed by atoms with van der Waals surface area (Å²) in [6.07, 6.45) is 2.19. The fraction of sp³-hybridized carbons (Fsp3) is 0.625. The minimum absolute atomic E-state index is 0.667. The van der Waals surface area contributed by atoms with E-state index in [2.05, 4.69) is 16.3 Å². The number of rotatable bonds is 7. The zero-order valence-electron chi connectivity index (χ0n) is 12.7. The topological polar surface area (TPSA) is 33.7 Å². The molecule has 20 heavy (non-hydrogen) atoms. The van der Waals surface area contributed by atoms with Gasteiger partial charge >= 0.3 is 0 Å². The van der Waals surface area contributed by atoms with E-state index >= 15 is 0 Å². The summed E-state index contributed by atoms with van der Waals surface area (Å²) in [7, 11) is 1.72. The van der Waals surface area contributed by atoms with Crippen molar-refractivity contribution < 1.29 is 9.47 Å². The van der Waals surface area contributed by atoms with Gasteiger partial charge in [0.25, 0.3) is 0 Å². The van der Waals surface area contributed by atoms with Gasteiger partial charge in [-0.2, -0.15) is 0 Å². The molecule has 0 bridgehead atoms. The van der Waals surface area contributed by atoms with Crippen molar-refractivity contribution in [1.29, 1.82) is 0 Å². The zero-order chi connectivity index (χ0) is 14.2. The van der Waals surface area contributed by atoms with E-state index in [0.29, 0.717) is 6.61 Å². The second-order valence-corrected chi connectivity index (χ2v) is 5.08. The van der Waals surface area contributed by atoms with Gasteiger partial charge < -0.3 is 19.7 Å². The first-order chi connectivity index (χ1) is 9.85. The van der Waals surface area contributed by atoms with Crippen LogP contribution in [0.2, 0.25) is 0 Å². The molecule has 0 saturated carbocycles. The van der Waals surface area contributed by atoms with Crippen LogP contribution in [-0.2, 0) is 6.42 Å². The van der Waals surface area contributed by atoms with Crippen molar-refractivity contribution in [3.63, 3.8) is 0 Å². The average molecular weight is 278 g/mol. The lowest BCUT2D eigenvalue weighted by atomic mass is 10.1. The molecular weight excluding hydrogens is 252 g/mol. The maximum absolute atomic E-state index is 5.62. The van der Waals surface area contributed by atoms with Crippen LogP contribution in [0.1, 0.15) is 18.9 Å². The quantitative estimate of drug-likeness (QED) is 0.826. The number of nitrogens with zero attached hydrogens (tertiary/aromatic N) is 1. The molecule has 1 saturated heterocycles. The highest BCUT2D eigenvalue weighted by Crippen LogP contribution is 2.31. The maximum Gasteiger partial charge on any atom is 0.163 e. The largest absolute Gasteiger partial charge is 0.493 e.